The number of hydrogen-bond donors (Lipinski definition) is 2. The van der Waals surface area contributed by atoms with E-state index in [1.54, 1.807) is 26.2 Å². The molecule has 1 saturated heterocycles. The van der Waals surface area contributed by atoms with Crippen molar-refractivity contribution in [2.24, 2.45) is 0 Å². The maximum atomic E-state index is 12.8. The van der Waals surface area contributed by atoms with E-state index in [4.69, 9.17) is 14.2 Å². The maximum Gasteiger partial charge on any atom is 0.270 e. The Bertz CT molecular complexity index is 1210. The SMILES string of the molecule is COc1cccc(CNC(=O)c2cc(-c3nnn(C[C@@H]4CO[C@@H](CNC(C)=O)CO4)n3)cc(C)n2)c1. The van der Waals surface area contributed by atoms with E-state index in [2.05, 4.69) is 31.0 Å². The first-order valence-corrected chi connectivity index (χ1v) is 11.5. The summed E-state index contributed by atoms with van der Waals surface area (Å²) in [5.74, 6) is 0.685. The Balaban J connectivity index is 1.35. The summed E-state index contributed by atoms with van der Waals surface area (Å²) in [4.78, 5) is 29.6. The molecule has 190 valence electrons. The first-order valence-electron chi connectivity index (χ1n) is 11.5. The quantitative estimate of drug-likeness (QED) is 0.443. The van der Waals surface area contributed by atoms with Crippen molar-refractivity contribution < 1.29 is 23.8 Å². The van der Waals surface area contributed by atoms with E-state index >= 15 is 0 Å². The fraction of sp³-hybridized carbons (Fsp3) is 0.417. The summed E-state index contributed by atoms with van der Waals surface area (Å²) in [6.07, 6.45) is -0.421. The number of tetrazole rings is 1. The van der Waals surface area contributed by atoms with Gasteiger partial charge in [-0.25, -0.2) is 4.98 Å². The normalized spacial score (nSPS) is 17.4. The molecular weight excluding hydrogens is 466 g/mol. The molecule has 1 aromatic carbocycles. The average Bonchev–Trinajstić information content (AvgIpc) is 3.35. The number of ether oxygens (including phenoxy) is 3. The van der Waals surface area contributed by atoms with Crippen molar-refractivity contribution >= 4 is 11.8 Å². The van der Waals surface area contributed by atoms with Crippen LogP contribution in [-0.2, 0) is 27.4 Å². The third kappa shape index (κ3) is 6.83. The van der Waals surface area contributed by atoms with Crippen LogP contribution in [0, 0.1) is 6.92 Å². The largest absolute Gasteiger partial charge is 0.497 e. The van der Waals surface area contributed by atoms with Gasteiger partial charge in [0.2, 0.25) is 11.7 Å². The highest BCUT2D eigenvalue weighted by molar-refractivity contribution is 5.93. The number of rotatable bonds is 9. The van der Waals surface area contributed by atoms with Crippen LogP contribution in [0.2, 0.25) is 0 Å². The second kappa shape index (κ2) is 11.7. The zero-order valence-electron chi connectivity index (χ0n) is 20.4. The number of methoxy groups -OCH3 is 1. The van der Waals surface area contributed by atoms with Crippen LogP contribution in [0.25, 0.3) is 11.4 Å². The molecule has 1 aliphatic rings. The lowest BCUT2D eigenvalue weighted by atomic mass is 10.1. The Morgan fingerprint density at radius 1 is 1.14 bits per heavy atom. The number of benzene rings is 1. The van der Waals surface area contributed by atoms with Gasteiger partial charge in [0.1, 0.15) is 17.5 Å². The zero-order valence-corrected chi connectivity index (χ0v) is 20.4. The number of nitrogens with one attached hydrogen (secondary N) is 2. The van der Waals surface area contributed by atoms with E-state index < -0.39 is 0 Å². The molecule has 2 N–H and O–H groups in total. The number of nitrogens with zero attached hydrogens (tertiary/aromatic N) is 5. The van der Waals surface area contributed by atoms with Crippen LogP contribution in [0.4, 0.5) is 0 Å². The van der Waals surface area contributed by atoms with Crippen LogP contribution >= 0.6 is 0 Å². The second-order valence-electron chi connectivity index (χ2n) is 8.43. The Kier molecular flexibility index (Phi) is 8.18. The van der Waals surface area contributed by atoms with Gasteiger partial charge in [-0.1, -0.05) is 12.1 Å². The third-order valence-electron chi connectivity index (χ3n) is 5.47. The van der Waals surface area contributed by atoms with E-state index in [-0.39, 0.29) is 29.7 Å². The first-order chi connectivity index (χ1) is 17.4. The molecule has 2 atom stereocenters. The van der Waals surface area contributed by atoms with E-state index in [1.165, 1.54) is 11.7 Å². The maximum absolute atomic E-state index is 12.8. The number of aryl methyl sites for hydroxylation is 1. The summed E-state index contributed by atoms with van der Waals surface area (Å²) in [5, 5.41) is 18.3. The molecule has 2 aromatic heterocycles. The van der Waals surface area contributed by atoms with Gasteiger partial charge in [0.15, 0.2) is 0 Å². The minimum Gasteiger partial charge on any atom is -0.497 e. The van der Waals surface area contributed by atoms with E-state index in [0.717, 1.165) is 11.3 Å². The minimum absolute atomic E-state index is 0.107. The molecule has 1 aliphatic heterocycles. The van der Waals surface area contributed by atoms with Gasteiger partial charge >= 0.3 is 0 Å². The second-order valence-corrected chi connectivity index (χ2v) is 8.43. The van der Waals surface area contributed by atoms with Gasteiger partial charge in [0, 0.05) is 31.3 Å². The fourth-order valence-corrected chi connectivity index (χ4v) is 3.65. The van der Waals surface area contributed by atoms with Crippen LogP contribution in [0.5, 0.6) is 5.75 Å². The van der Waals surface area contributed by atoms with Gasteiger partial charge in [-0.05, 0) is 42.0 Å². The fourth-order valence-electron chi connectivity index (χ4n) is 3.65. The highest BCUT2D eigenvalue weighted by atomic mass is 16.6. The molecule has 0 saturated carbocycles. The van der Waals surface area contributed by atoms with Gasteiger partial charge in [0.25, 0.3) is 5.91 Å². The Labute approximate surface area is 208 Å². The lowest BCUT2D eigenvalue weighted by Gasteiger charge is -2.29. The Hall–Kier alpha value is -3.90. The molecule has 12 heteroatoms. The molecule has 0 bridgehead atoms. The molecule has 1 fully saturated rings. The van der Waals surface area contributed by atoms with E-state index in [0.29, 0.717) is 49.9 Å². The molecular formula is C24H29N7O5. The smallest absolute Gasteiger partial charge is 0.270 e. The van der Waals surface area contributed by atoms with Crippen LogP contribution in [0.15, 0.2) is 36.4 Å². The number of amides is 2. The number of aromatic nitrogens is 5. The molecule has 4 rings (SSSR count). The average molecular weight is 496 g/mol. The van der Waals surface area contributed by atoms with E-state index in [9.17, 15) is 9.59 Å². The summed E-state index contributed by atoms with van der Waals surface area (Å²) in [6, 6.07) is 10.9. The summed E-state index contributed by atoms with van der Waals surface area (Å²) in [6.45, 7) is 5.09. The Morgan fingerprint density at radius 3 is 2.69 bits per heavy atom. The Morgan fingerprint density at radius 2 is 1.94 bits per heavy atom. The van der Waals surface area contributed by atoms with Crippen LogP contribution < -0.4 is 15.4 Å². The molecule has 36 heavy (non-hydrogen) atoms. The molecule has 2 amide bonds. The predicted octanol–water partition coefficient (Wildman–Crippen LogP) is 0.902. The lowest BCUT2D eigenvalue weighted by molar-refractivity contribution is -0.140. The van der Waals surface area contributed by atoms with Crippen molar-refractivity contribution in [3.8, 4) is 17.1 Å². The highest BCUT2D eigenvalue weighted by Crippen LogP contribution is 2.17. The molecule has 0 aliphatic carbocycles. The van der Waals surface area contributed by atoms with Gasteiger partial charge < -0.3 is 24.8 Å². The zero-order chi connectivity index (χ0) is 25.5. The summed E-state index contributed by atoms with van der Waals surface area (Å²) >= 11 is 0. The topological polar surface area (TPSA) is 142 Å². The molecule has 3 aromatic rings. The molecule has 0 spiro atoms. The van der Waals surface area contributed by atoms with E-state index in [1.807, 2.05) is 24.3 Å². The van der Waals surface area contributed by atoms with Crippen molar-refractivity contribution in [1.29, 1.82) is 0 Å². The number of carbonyl (C=O) groups excluding carboxylic acids is 2. The first kappa shape index (κ1) is 25.2. The van der Waals surface area contributed by atoms with Gasteiger partial charge in [-0.15, -0.1) is 10.2 Å². The number of hydrogen-bond acceptors (Lipinski definition) is 9. The standard InChI is InChI=1S/C24H29N7O5/c1-15-7-18(9-22(27-15)24(33)26-10-17-5-4-6-19(8-17)34-3)23-28-30-31(29-23)12-21-14-35-20(13-36-21)11-25-16(2)32/h4-9,20-21H,10-14H2,1-3H3,(H,25,32)(H,26,33)/t20-,21+/m0/s1. The summed E-state index contributed by atoms with van der Waals surface area (Å²) < 4.78 is 16.8. The van der Waals surface area contributed by atoms with Crippen LogP contribution in [-0.4, -0.2) is 76.1 Å². The number of pyridine rings is 1. The van der Waals surface area contributed by atoms with Crippen LogP contribution in [0.3, 0.4) is 0 Å². The van der Waals surface area contributed by atoms with Crippen LogP contribution in [0.1, 0.15) is 28.7 Å². The summed E-state index contributed by atoms with van der Waals surface area (Å²) in [7, 11) is 1.60. The van der Waals surface area contributed by atoms with Gasteiger partial charge in [-0.3, -0.25) is 9.59 Å². The van der Waals surface area contributed by atoms with Crippen molar-refractivity contribution in [2.75, 3.05) is 26.9 Å². The summed E-state index contributed by atoms with van der Waals surface area (Å²) in [5.41, 5.74) is 2.47. The molecule has 0 radical (unpaired) electrons. The van der Waals surface area contributed by atoms with Crippen molar-refractivity contribution in [1.82, 2.24) is 35.8 Å². The molecule has 0 unspecified atom stereocenters. The number of carbonyl (C=O) groups is 2. The monoisotopic (exact) mass is 495 g/mol. The third-order valence-corrected chi connectivity index (χ3v) is 5.47. The molecule has 12 nitrogen and oxygen atoms in total. The van der Waals surface area contributed by atoms with Gasteiger partial charge in [-0.2, -0.15) is 4.80 Å². The lowest BCUT2D eigenvalue weighted by Crippen LogP contribution is -2.43. The molecule has 3 heterocycles. The highest BCUT2D eigenvalue weighted by Gasteiger charge is 2.24. The predicted molar refractivity (Wildman–Crippen MR) is 128 cm³/mol. The minimum atomic E-state index is -0.309. The van der Waals surface area contributed by atoms with Crippen molar-refractivity contribution in [3.05, 3.63) is 53.3 Å². The van der Waals surface area contributed by atoms with Gasteiger partial charge in [0.05, 0.1) is 33.0 Å². The van der Waals surface area contributed by atoms with Crippen molar-refractivity contribution in [2.45, 2.75) is 39.1 Å². The van der Waals surface area contributed by atoms with Crippen molar-refractivity contribution in [3.63, 3.8) is 0 Å².